The van der Waals surface area contributed by atoms with E-state index in [0.29, 0.717) is 22.0 Å². The standard InChI is InChI=1S/C24H20N2O6S2/c1-31-24(28)22-14-16-13-18(7-12-21(16)33-22)25-23(27)15-32-19-8-10-20(11-9-19)34(29,30)26-17-5-3-2-4-6-17/h2-14,26H,15H2,1H3,(H,25,27). The van der Waals surface area contributed by atoms with Gasteiger partial charge in [0.05, 0.1) is 12.0 Å². The molecule has 2 N–H and O–H groups in total. The average Bonchev–Trinajstić information content (AvgIpc) is 3.26. The van der Waals surface area contributed by atoms with Gasteiger partial charge in [-0.05, 0) is 66.0 Å². The number of thiophene rings is 1. The molecule has 1 amide bonds. The Labute approximate surface area is 200 Å². The summed E-state index contributed by atoms with van der Waals surface area (Å²) in [6, 6.07) is 21.4. The lowest BCUT2D eigenvalue weighted by Gasteiger charge is -2.10. The molecule has 3 aromatic carbocycles. The average molecular weight is 497 g/mol. The zero-order valence-corrected chi connectivity index (χ0v) is 19.6. The van der Waals surface area contributed by atoms with Crippen molar-refractivity contribution >= 4 is 54.7 Å². The highest BCUT2D eigenvalue weighted by Crippen LogP contribution is 2.28. The van der Waals surface area contributed by atoms with Crippen LogP contribution in [0.25, 0.3) is 10.1 Å². The molecule has 0 radical (unpaired) electrons. The van der Waals surface area contributed by atoms with Gasteiger partial charge in [-0.3, -0.25) is 9.52 Å². The van der Waals surface area contributed by atoms with Crippen LogP contribution in [0.15, 0.2) is 83.8 Å². The first-order chi connectivity index (χ1) is 16.3. The van der Waals surface area contributed by atoms with Crippen molar-refractivity contribution < 1.29 is 27.5 Å². The van der Waals surface area contributed by atoms with Crippen molar-refractivity contribution in [3.63, 3.8) is 0 Å². The largest absolute Gasteiger partial charge is 0.484 e. The minimum Gasteiger partial charge on any atom is -0.484 e. The number of sulfonamides is 1. The smallest absolute Gasteiger partial charge is 0.348 e. The SMILES string of the molecule is COC(=O)c1cc2cc(NC(=O)COc3ccc(S(=O)(=O)Nc4ccccc4)cc3)ccc2s1. The van der Waals surface area contributed by atoms with Gasteiger partial charge in [0.2, 0.25) is 0 Å². The Bertz CT molecular complexity index is 1430. The number of ether oxygens (including phenoxy) is 2. The van der Waals surface area contributed by atoms with Crippen LogP contribution >= 0.6 is 11.3 Å². The van der Waals surface area contributed by atoms with Gasteiger partial charge in [-0.1, -0.05) is 18.2 Å². The molecule has 0 bridgehead atoms. The van der Waals surface area contributed by atoms with Crippen LogP contribution in [0.2, 0.25) is 0 Å². The van der Waals surface area contributed by atoms with Crippen molar-refractivity contribution in [3.05, 3.63) is 83.7 Å². The van der Waals surface area contributed by atoms with Gasteiger partial charge in [-0.25, -0.2) is 13.2 Å². The van der Waals surface area contributed by atoms with Crippen LogP contribution in [-0.4, -0.2) is 34.0 Å². The number of methoxy groups -OCH3 is 1. The number of fused-ring (bicyclic) bond motifs is 1. The van der Waals surface area contributed by atoms with E-state index in [4.69, 9.17) is 9.47 Å². The molecule has 0 atom stereocenters. The molecule has 10 heteroatoms. The fourth-order valence-corrected chi connectivity index (χ4v) is 5.12. The van der Waals surface area contributed by atoms with Gasteiger partial charge >= 0.3 is 5.97 Å². The number of carbonyl (C=O) groups is 2. The van der Waals surface area contributed by atoms with Crippen LogP contribution in [0.3, 0.4) is 0 Å². The van der Waals surface area contributed by atoms with E-state index in [1.807, 2.05) is 6.07 Å². The number of nitrogens with one attached hydrogen (secondary N) is 2. The third-order valence-electron chi connectivity index (χ3n) is 4.72. The van der Waals surface area contributed by atoms with E-state index in [9.17, 15) is 18.0 Å². The summed E-state index contributed by atoms with van der Waals surface area (Å²) in [5, 5.41) is 3.55. The molecule has 0 unspecified atom stereocenters. The van der Waals surface area contributed by atoms with Gasteiger partial charge in [0.25, 0.3) is 15.9 Å². The van der Waals surface area contributed by atoms with Gasteiger partial charge < -0.3 is 14.8 Å². The third-order valence-corrected chi connectivity index (χ3v) is 7.21. The molecule has 0 saturated heterocycles. The molecule has 0 aliphatic heterocycles. The number of rotatable bonds is 8. The highest BCUT2D eigenvalue weighted by atomic mass is 32.2. The van der Waals surface area contributed by atoms with E-state index in [0.717, 1.165) is 10.1 Å². The lowest BCUT2D eigenvalue weighted by Crippen LogP contribution is -2.20. The molecule has 4 aromatic rings. The topological polar surface area (TPSA) is 111 Å². The second kappa shape index (κ2) is 9.94. The summed E-state index contributed by atoms with van der Waals surface area (Å²) in [5.41, 5.74) is 1.02. The summed E-state index contributed by atoms with van der Waals surface area (Å²) in [6.07, 6.45) is 0. The molecule has 34 heavy (non-hydrogen) atoms. The monoisotopic (exact) mass is 496 g/mol. The first-order valence-electron chi connectivity index (χ1n) is 10.1. The Morgan fingerprint density at radius 2 is 1.65 bits per heavy atom. The zero-order valence-electron chi connectivity index (χ0n) is 18.0. The minimum atomic E-state index is -3.74. The maximum atomic E-state index is 12.5. The summed E-state index contributed by atoms with van der Waals surface area (Å²) in [5.74, 6) is -0.440. The van der Waals surface area contributed by atoms with Gasteiger partial charge in [0, 0.05) is 16.1 Å². The van der Waals surface area contributed by atoms with Crippen molar-refractivity contribution in [2.24, 2.45) is 0 Å². The number of hydrogen-bond acceptors (Lipinski definition) is 7. The summed E-state index contributed by atoms with van der Waals surface area (Å²) in [7, 11) is -2.41. The van der Waals surface area contributed by atoms with Crippen molar-refractivity contribution in [3.8, 4) is 5.75 Å². The van der Waals surface area contributed by atoms with Crippen molar-refractivity contribution in [1.29, 1.82) is 0 Å². The molecular formula is C24H20N2O6S2. The van der Waals surface area contributed by atoms with Crippen LogP contribution in [-0.2, 0) is 19.6 Å². The minimum absolute atomic E-state index is 0.0727. The number of amides is 1. The number of carbonyl (C=O) groups excluding carboxylic acids is 2. The van der Waals surface area contributed by atoms with Gasteiger partial charge in [0.15, 0.2) is 6.61 Å². The maximum absolute atomic E-state index is 12.5. The van der Waals surface area contributed by atoms with E-state index >= 15 is 0 Å². The zero-order chi connectivity index (χ0) is 24.1. The van der Waals surface area contributed by atoms with Gasteiger partial charge in [0.1, 0.15) is 10.6 Å². The predicted octanol–water partition coefficient (Wildman–Crippen LogP) is 4.51. The van der Waals surface area contributed by atoms with Crippen molar-refractivity contribution in [2.75, 3.05) is 23.8 Å². The molecule has 4 rings (SSSR count). The van der Waals surface area contributed by atoms with Crippen LogP contribution in [0.4, 0.5) is 11.4 Å². The normalized spacial score (nSPS) is 11.1. The number of anilines is 2. The fraction of sp³-hybridized carbons (Fsp3) is 0.0833. The van der Waals surface area contributed by atoms with Crippen LogP contribution in [0, 0.1) is 0 Å². The Balaban J connectivity index is 1.34. The fourth-order valence-electron chi connectivity index (χ4n) is 3.10. The lowest BCUT2D eigenvalue weighted by atomic mass is 10.2. The highest BCUT2D eigenvalue weighted by molar-refractivity contribution is 7.92. The van der Waals surface area contributed by atoms with Crippen LogP contribution < -0.4 is 14.8 Å². The first-order valence-corrected chi connectivity index (χ1v) is 12.4. The van der Waals surface area contributed by atoms with Gasteiger partial charge in [-0.15, -0.1) is 11.3 Å². The Morgan fingerprint density at radius 1 is 0.912 bits per heavy atom. The summed E-state index contributed by atoms with van der Waals surface area (Å²) in [4.78, 5) is 24.5. The van der Waals surface area contributed by atoms with Crippen molar-refractivity contribution in [1.82, 2.24) is 0 Å². The quantitative estimate of drug-likeness (QED) is 0.347. The molecule has 0 saturated carbocycles. The Morgan fingerprint density at radius 3 is 2.35 bits per heavy atom. The molecule has 1 heterocycles. The molecule has 0 fully saturated rings. The maximum Gasteiger partial charge on any atom is 0.348 e. The van der Waals surface area contributed by atoms with Crippen LogP contribution in [0.5, 0.6) is 5.75 Å². The second-order valence-corrected chi connectivity index (χ2v) is 9.90. The first kappa shape index (κ1) is 23.3. The number of benzene rings is 3. The second-order valence-electron chi connectivity index (χ2n) is 7.13. The number of para-hydroxylation sites is 1. The number of hydrogen-bond donors (Lipinski definition) is 2. The van der Waals surface area contributed by atoms with E-state index in [-0.39, 0.29) is 17.4 Å². The van der Waals surface area contributed by atoms with E-state index in [1.54, 1.807) is 48.5 Å². The van der Waals surface area contributed by atoms with E-state index in [1.165, 1.54) is 42.7 Å². The highest BCUT2D eigenvalue weighted by Gasteiger charge is 2.15. The van der Waals surface area contributed by atoms with Gasteiger partial charge in [-0.2, -0.15) is 0 Å². The molecule has 174 valence electrons. The van der Waals surface area contributed by atoms with Crippen LogP contribution in [0.1, 0.15) is 9.67 Å². The summed E-state index contributed by atoms with van der Waals surface area (Å²) < 4.78 is 38.6. The summed E-state index contributed by atoms with van der Waals surface area (Å²) >= 11 is 1.31. The molecule has 1 aromatic heterocycles. The Kier molecular flexibility index (Phi) is 6.80. The van der Waals surface area contributed by atoms with E-state index < -0.39 is 16.0 Å². The summed E-state index contributed by atoms with van der Waals surface area (Å²) in [6.45, 7) is -0.260. The molecule has 0 spiro atoms. The molecule has 0 aliphatic carbocycles. The Hall–Kier alpha value is -3.89. The molecule has 0 aliphatic rings. The molecular weight excluding hydrogens is 476 g/mol. The predicted molar refractivity (Wildman–Crippen MR) is 131 cm³/mol. The van der Waals surface area contributed by atoms with E-state index in [2.05, 4.69) is 10.0 Å². The number of esters is 1. The molecule has 8 nitrogen and oxygen atoms in total. The lowest BCUT2D eigenvalue weighted by molar-refractivity contribution is -0.118. The third kappa shape index (κ3) is 5.53. The van der Waals surface area contributed by atoms with Crippen molar-refractivity contribution in [2.45, 2.75) is 4.90 Å².